The van der Waals surface area contributed by atoms with Crippen molar-refractivity contribution in [3.05, 3.63) is 36.8 Å². The van der Waals surface area contributed by atoms with Gasteiger partial charge in [0, 0.05) is 14.2 Å². The maximum atomic E-state index is 11.9. The third kappa shape index (κ3) is 3.63. The average molecular weight is 389 g/mol. The molecule has 0 bridgehead atoms. The van der Waals surface area contributed by atoms with E-state index in [1.165, 1.54) is 22.7 Å². The molecule has 2 heterocycles. The van der Waals surface area contributed by atoms with E-state index in [9.17, 15) is 14.7 Å². The highest BCUT2D eigenvalue weighted by molar-refractivity contribution is 9.10. The number of carboxylic acid groups (broad SMARTS) is 1. The van der Waals surface area contributed by atoms with Gasteiger partial charge in [-0.1, -0.05) is 0 Å². The monoisotopic (exact) mass is 388 g/mol. The molecule has 0 aliphatic heterocycles. The molecule has 2 aromatic heterocycles. The fraction of sp³-hybridized carbons (Fsp3) is 0.231. The van der Waals surface area contributed by atoms with Crippen molar-refractivity contribution in [2.45, 2.75) is 20.4 Å². The largest absolute Gasteiger partial charge is 0.478 e. The van der Waals surface area contributed by atoms with Gasteiger partial charge < -0.3 is 10.4 Å². The summed E-state index contributed by atoms with van der Waals surface area (Å²) in [6.45, 7) is 3.95. The average Bonchev–Trinajstić information content (AvgIpc) is 2.92. The Hall–Kier alpha value is -1.38. The molecule has 0 aliphatic rings. The van der Waals surface area contributed by atoms with Gasteiger partial charge in [-0.3, -0.25) is 5.32 Å². The molecule has 3 N–H and O–H groups in total. The van der Waals surface area contributed by atoms with Crippen molar-refractivity contribution in [1.29, 1.82) is 0 Å². The molecule has 0 aliphatic carbocycles. The van der Waals surface area contributed by atoms with Crippen molar-refractivity contribution in [3.8, 4) is 0 Å². The number of carbonyl (C=O) groups excluding carboxylic acids is 1. The fourth-order valence-electron chi connectivity index (χ4n) is 1.73. The van der Waals surface area contributed by atoms with Gasteiger partial charge >= 0.3 is 12.0 Å². The lowest BCUT2D eigenvalue weighted by molar-refractivity contribution is 0.0697. The molecular formula is C13H13BrN2O3S2. The molecule has 2 amide bonds. The summed E-state index contributed by atoms with van der Waals surface area (Å²) in [7, 11) is 0. The van der Waals surface area contributed by atoms with E-state index in [2.05, 4.69) is 26.6 Å². The standard InChI is InChI=1S/C13H13BrN2O3S2/c1-6-7(2)21-11(10(6)12(17)18)16-13(19)15-5-9-8(14)3-4-20-9/h3-4H,5H2,1-2H3,(H,17,18)(H2,15,16,19). The number of hydrogen-bond donors (Lipinski definition) is 3. The van der Waals surface area contributed by atoms with Crippen molar-refractivity contribution >= 4 is 55.6 Å². The number of nitrogens with one attached hydrogen (secondary N) is 2. The lowest BCUT2D eigenvalue weighted by Gasteiger charge is -2.06. The van der Waals surface area contributed by atoms with E-state index in [1.54, 1.807) is 6.92 Å². The van der Waals surface area contributed by atoms with Crippen LogP contribution in [0.3, 0.4) is 0 Å². The molecule has 0 atom stereocenters. The van der Waals surface area contributed by atoms with Gasteiger partial charge in [-0.15, -0.1) is 22.7 Å². The Balaban J connectivity index is 2.05. The van der Waals surface area contributed by atoms with Crippen molar-refractivity contribution in [2.75, 3.05) is 5.32 Å². The smallest absolute Gasteiger partial charge is 0.338 e. The quantitative estimate of drug-likeness (QED) is 0.733. The summed E-state index contributed by atoms with van der Waals surface area (Å²) >= 11 is 6.19. The minimum atomic E-state index is -1.03. The van der Waals surface area contributed by atoms with Gasteiger partial charge in [-0.25, -0.2) is 9.59 Å². The van der Waals surface area contributed by atoms with Gasteiger partial charge in [0.25, 0.3) is 0 Å². The summed E-state index contributed by atoms with van der Waals surface area (Å²) in [5.74, 6) is -1.03. The number of amides is 2. The minimum absolute atomic E-state index is 0.157. The minimum Gasteiger partial charge on any atom is -0.478 e. The maximum absolute atomic E-state index is 11.9. The molecule has 0 saturated carbocycles. The summed E-state index contributed by atoms with van der Waals surface area (Å²) in [6, 6.07) is 1.49. The number of aromatic carboxylic acids is 1. The summed E-state index contributed by atoms with van der Waals surface area (Å²) in [5, 5.41) is 16.8. The Morgan fingerprint density at radius 2 is 2.10 bits per heavy atom. The molecular weight excluding hydrogens is 376 g/mol. The number of rotatable bonds is 4. The molecule has 0 radical (unpaired) electrons. The summed E-state index contributed by atoms with van der Waals surface area (Å²) < 4.78 is 0.946. The van der Waals surface area contributed by atoms with E-state index in [0.717, 1.165) is 14.2 Å². The Morgan fingerprint density at radius 3 is 2.67 bits per heavy atom. The highest BCUT2D eigenvalue weighted by Crippen LogP contribution is 2.32. The van der Waals surface area contributed by atoms with Crippen molar-refractivity contribution in [1.82, 2.24) is 5.32 Å². The zero-order valence-corrected chi connectivity index (χ0v) is 14.5. The number of aryl methyl sites for hydroxylation is 1. The number of carbonyl (C=O) groups is 2. The molecule has 0 unspecified atom stereocenters. The van der Waals surface area contributed by atoms with Crippen LogP contribution in [0.15, 0.2) is 15.9 Å². The molecule has 8 heteroatoms. The molecule has 5 nitrogen and oxygen atoms in total. The molecule has 0 spiro atoms. The molecule has 2 rings (SSSR count). The number of urea groups is 1. The molecule has 0 fully saturated rings. The highest BCUT2D eigenvalue weighted by Gasteiger charge is 2.20. The SMILES string of the molecule is Cc1sc(NC(=O)NCc2sccc2Br)c(C(=O)O)c1C. The van der Waals surface area contributed by atoms with Crippen LogP contribution in [0.5, 0.6) is 0 Å². The summed E-state index contributed by atoms with van der Waals surface area (Å²) in [5.41, 5.74) is 0.841. The second-order valence-corrected chi connectivity index (χ2v) is 7.37. The number of thiophene rings is 2. The number of hydrogen-bond acceptors (Lipinski definition) is 4. The Labute approximate surface area is 138 Å². The van der Waals surface area contributed by atoms with Crippen LogP contribution in [0.1, 0.15) is 25.7 Å². The first kappa shape index (κ1) is 16.0. The van der Waals surface area contributed by atoms with E-state index in [-0.39, 0.29) is 5.56 Å². The van der Waals surface area contributed by atoms with Crippen molar-refractivity contribution in [2.24, 2.45) is 0 Å². The maximum Gasteiger partial charge on any atom is 0.338 e. The van der Waals surface area contributed by atoms with Gasteiger partial charge in [0.1, 0.15) is 5.00 Å². The van der Waals surface area contributed by atoms with Crippen molar-refractivity contribution in [3.63, 3.8) is 0 Å². The Bertz CT molecular complexity index is 694. The van der Waals surface area contributed by atoms with Crippen LogP contribution in [0.25, 0.3) is 0 Å². The second kappa shape index (κ2) is 6.59. The molecule has 21 heavy (non-hydrogen) atoms. The first-order valence-electron chi connectivity index (χ1n) is 6.00. The molecule has 112 valence electrons. The van der Waals surface area contributed by atoms with Crippen LogP contribution in [0, 0.1) is 13.8 Å². The lowest BCUT2D eigenvalue weighted by atomic mass is 10.1. The molecule has 0 saturated heterocycles. The molecule has 0 aromatic carbocycles. The predicted octanol–water partition coefficient (Wildman–Crippen LogP) is 4.21. The van der Waals surface area contributed by atoms with E-state index in [0.29, 0.717) is 17.1 Å². The van der Waals surface area contributed by atoms with Gasteiger partial charge in [0.05, 0.1) is 12.1 Å². The summed E-state index contributed by atoms with van der Waals surface area (Å²) in [6.07, 6.45) is 0. The zero-order valence-electron chi connectivity index (χ0n) is 11.3. The first-order valence-corrected chi connectivity index (χ1v) is 8.49. The Kier molecular flexibility index (Phi) is 5.02. The highest BCUT2D eigenvalue weighted by atomic mass is 79.9. The van der Waals surface area contributed by atoms with E-state index in [4.69, 9.17) is 0 Å². The third-order valence-electron chi connectivity index (χ3n) is 2.93. The zero-order chi connectivity index (χ0) is 15.6. The predicted molar refractivity (Wildman–Crippen MR) is 88.6 cm³/mol. The van der Waals surface area contributed by atoms with Crippen LogP contribution in [0.2, 0.25) is 0 Å². The van der Waals surface area contributed by atoms with E-state index >= 15 is 0 Å². The normalized spacial score (nSPS) is 10.4. The van der Waals surface area contributed by atoms with Gasteiger partial charge in [0.2, 0.25) is 0 Å². The fourth-order valence-corrected chi connectivity index (χ4v) is 4.21. The summed E-state index contributed by atoms with van der Waals surface area (Å²) in [4.78, 5) is 25.0. The lowest BCUT2D eigenvalue weighted by Crippen LogP contribution is -2.28. The van der Waals surface area contributed by atoms with Crippen LogP contribution in [-0.2, 0) is 6.54 Å². The van der Waals surface area contributed by atoms with Crippen LogP contribution >= 0.6 is 38.6 Å². The van der Waals surface area contributed by atoms with Crippen LogP contribution < -0.4 is 10.6 Å². The van der Waals surface area contributed by atoms with Gasteiger partial charge in [-0.2, -0.15) is 0 Å². The first-order chi connectivity index (χ1) is 9.90. The number of halogens is 1. The Morgan fingerprint density at radius 1 is 1.38 bits per heavy atom. The number of carboxylic acids is 1. The number of anilines is 1. The van der Waals surface area contributed by atoms with E-state index < -0.39 is 12.0 Å². The van der Waals surface area contributed by atoms with Gasteiger partial charge in [-0.05, 0) is 46.8 Å². The second-order valence-electron chi connectivity index (χ2n) is 4.29. The topological polar surface area (TPSA) is 78.4 Å². The van der Waals surface area contributed by atoms with E-state index in [1.807, 2.05) is 18.4 Å². The van der Waals surface area contributed by atoms with Crippen LogP contribution in [-0.4, -0.2) is 17.1 Å². The van der Waals surface area contributed by atoms with Crippen molar-refractivity contribution < 1.29 is 14.7 Å². The van der Waals surface area contributed by atoms with Gasteiger partial charge in [0.15, 0.2) is 0 Å². The molecule has 2 aromatic rings. The van der Waals surface area contributed by atoms with Crippen LogP contribution in [0.4, 0.5) is 9.80 Å². The third-order valence-corrected chi connectivity index (χ3v) is 5.98.